The van der Waals surface area contributed by atoms with Crippen LogP contribution in [0.25, 0.3) is 0 Å². The number of hydrogen-bond donors (Lipinski definition) is 0. The van der Waals surface area contributed by atoms with Gasteiger partial charge in [0.25, 0.3) is 0 Å². The van der Waals surface area contributed by atoms with Crippen molar-refractivity contribution in [3.63, 3.8) is 0 Å². The van der Waals surface area contributed by atoms with Gasteiger partial charge in [0.15, 0.2) is 0 Å². The van der Waals surface area contributed by atoms with E-state index in [1.54, 1.807) is 0 Å². The zero-order valence-electron chi connectivity index (χ0n) is 5.98. The lowest BCUT2D eigenvalue weighted by molar-refractivity contribution is -0.0708. The summed E-state index contributed by atoms with van der Waals surface area (Å²) < 4.78 is 5.03. The summed E-state index contributed by atoms with van der Waals surface area (Å²) in [7, 11) is 0. The van der Waals surface area contributed by atoms with Crippen LogP contribution >= 0.6 is 0 Å². The average Bonchev–Trinajstić information content (AvgIpc) is 1.60. The molecule has 1 aliphatic rings. The molecule has 0 bridgehead atoms. The molecule has 1 heteroatoms. The third-order valence-electron chi connectivity index (χ3n) is 2.03. The second-order valence-corrected chi connectivity index (χ2v) is 3.10. The van der Waals surface area contributed by atoms with Crippen LogP contribution in [0, 0.1) is 23.7 Å². The van der Waals surface area contributed by atoms with Gasteiger partial charge in [0.05, 0.1) is 13.2 Å². The SMILES string of the molecule is C#CC(C)(C)C1COC1. The standard InChI is InChI=1S/C8H12O/c1-4-8(2,3)7-5-9-6-7/h1,7H,5-6H2,2-3H3. The Kier molecular flexibility index (Phi) is 1.50. The third kappa shape index (κ3) is 1.09. The zero-order chi connectivity index (χ0) is 6.91. The van der Waals surface area contributed by atoms with Crippen molar-refractivity contribution in [1.29, 1.82) is 0 Å². The first-order valence-electron chi connectivity index (χ1n) is 3.22. The Balaban J connectivity index is 2.50. The van der Waals surface area contributed by atoms with E-state index in [1.165, 1.54) is 0 Å². The minimum Gasteiger partial charge on any atom is -0.381 e. The molecule has 0 amide bonds. The first-order chi connectivity index (χ1) is 4.17. The smallest absolute Gasteiger partial charge is 0.0530 e. The summed E-state index contributed by atoms with van der Waals surface area (Å²) in [5.74, 6) is 3.35. The minimum absolute atomic E-state index is 0.0399. The van der Waals surface area contributed by atoms with Crippen molar-refractivity contribution in [2.45, 2.75) is 13.8 Å². The zero-order valence-corrected chi connectivity index (χ0v) is 5.98. The highest BCUT2D eigenvalue weighted by atomic mass is 16.5. The van der Waals surface area contributed by atoms with Crippen LogP contribution in [-0.2, 0) is 4.74 Å². The van der Waals surface area contributed by atoms with Crippen LogP contribution in [0.2, 0.25) is 0 Å². The van der Waals surface area contributed by atoms with Gasteiger partial charge < -0.3 is 4.74 Å². The molecule has 0 spiro atoms. The third-order valence-corrected chi connectivity index (χ3v) is 2.03. The van der Waals surface area contributed by atoms with E-state index < -0.39 is 0 Å². The van der Waals surface area contributed by atoms with Gasteiger partial charge in [0, 0.05) is 11.3 Å². The predicted octanol–water partition coefficient (Wildman–Crippen LogP) is 1.29. The Morgan fingerprint density at radius 3 is 2.22 bits per heavy atom. The lowest BCUT2D eigenvalue weighted by Gasteiger charge is -2.36. The molecule has 1 heterocycles. The molecule has 0 aromatic carbocycles. The lowest BCUT2D eigenvalue weighted by Crippen LogP contribution is -2.38. The highest BCUT2D eigenvalue weighted by Crippen LogP contribution is 2.31. The maximum Gasteiger partial charge on any atom is 0.0530 e. The molecule has 0 aromatic rings. The molecule has 1 saturated heterocycles. The summed E-state index contributed by atoms with van der Waals surface area (Å²) in [4.78, 5) is 0. The Hall–Kier alpha value is -0.480. The van der Waals surface area contributed by atoms with Crippen LogP contribution in [0.5, 0.6) is 0 Å². The van der Waals surface area contributed by atoms with Crippen LogP contribution in [-0.4, -0.2) is 13.2 Å². The number of ether oxygens (including phenoxy) is 1. The van der Waals surface area contributed by atoms with Gasteiger partial charge in [-0.1, -0.05) is 0 Å². The highest BCUT2D eigenvalue weighted by molar-refractivity contribution is 5.05. The minimum atomic E-state index is 0.0399. The summed E-state index contributed by atoms with van der Waals surface area (Å²) in [6.07, 6.45) is 5.31. The van der Waals surface area contributed by atoms with Crippen molar-refractivity contribution >= 4 is 0 Å². The predicted molar refractivity (Wildman–Crippen MR) is 36.9 cm³/mol. The lowest BCUT2D eigenvalue weighted by atomic mass is 9.78. The number of hydrogen-bond acceptors (Lipinski definition) is 1. The summed E-state index contributed by atoms with van der Waals surface area (Å²) in [5, 5.41) is 0. The first kappa shape index (κ1) is 6.64. The van der Waals surface area contributed by atoms with E-state index >= 15 is 0 Å². The fraction of sp³-hybridized carbons (Fsp3) is 0.750. The normalized spacial score (nSPS) is 20.6. The molecule has 0 radical (unpaired) electrons. The summed E-state index contributed by atoms with van der Waals surface area (Å²) in [6.45, 7) is 5.86. The second kappa shape index (κ2) is 2.04. The monoisotopic (exact) mass is 124 g/mol. The summed E-state index contributed by atoms with van der Waals surface area (Å²) in [6, 6.07) is 0. The molecule has 0 N–H and O–H groups in total. The van der Waals surface area contributed by atoms with Crippen LogP contribution < -0.4 is 0 Å². The average molecular weight is 124 g/mol. The molecule has 0 aliphatic carbocycles. The molecule has 0 atom stereocenters. The number of rotatable bonds is 1. The van der Waals surface area contributed by atoms with Crippen molar-refractivity contribution in [3.8, 4) is 12.3 Å². The summed E-state index contributed by atoms with van der Waals surface area (Å²) in [5.41, 5.74) is 0.0399. The van der Waals surface area contributed by atoms with E-state index in [9.17, 15) is 0 Å². The molecule has 0 saturated carbocycles. The van der Waals surface area contributed by atoms with Crippen LogP contribution in [0.1, 0.15) is 13.8 Å². The quantitative estimate of drug-likeness (QED) is 0.479. The van der Waals surface area contributed by atoms with Gasteiger partial charge in [-0.2, -0.15) is 0 Å². The van der Waals surface area contributed by atoms with Gasteiger partial charge in [0.2, 0.25) is 0 Å². The van der Waals surface area contributed by atoms with Crippen molar-refractivity contribution in [1.82, 2.24) is 0 Å². The van der Waals surface area contributed by atoms with Crippen molar-refractivity contribution in [3.05, 3.63) is 0 Å². The molecule has 50 valence electrons. The van der Waals surface area contributed by atoms with E-state index in [2.05, 4.69) is 19.8 Å². The fourth-order valence-corrected chi connectivity index (χ4v) is 0.770. The Morgan fingerprint density at radius 1 is 1.56 bits per heavy atom. The van der Waals surface area contributed by atoms with E-state index in [0.717, 1.165) is 13.2 Å². The van der Waals surface area contributed by atoms with Crippen molar-refractivity contribution in [2.75, 3.05) is 13.2 Å². The maximum absolute atomic E-state index is 5.31. The maximum atomic E-state index is 5.31. The van der Waals surface area contributed by atoms with Crippen LogP contribution in [0.4, 0.5) is 0 Å². The van der Waals surface area contributed by atoms with Crippen molar-refractivity contribution < 1.29 is 4.74 Å². The second-order valence-electron chi connectivity index (χ2n) is 3.10. The topological polar surface area (TPSA) is 9.23 Å². The van der Waals surface area contributed by atoms with Gasteiger partial charge in [-0.05, 0) is 13.8 Å². The molecule has 0 unspecified atom stereocenters. The molecule has 1 rings (SSSR count). The van der Waals surface area contributed by atoms with E-state index in [0.29, 0.717) is 5.92 Å². The Morgan fingerprint density at radius 2 is 2.11 bits per heavy atom. The van der Waals surface area contributed by atoms with E-state index in [-0.39, 0.29) is 5.41 Å². The Bertz CT molecular complexity index is 137. The largest absolute Gasteiger partial charge is 0.381 e. The molecule has 1 nitrogen and oxygen atoms in total. The molecule has 9 heavy (non-hydrogen) atoms. The van der Waals surface area contributed by atoms with Crippen LogP contribution in [0.15, 0.2) is 0 Å². The molecular weight excluding hydrogens is 112 g/mol. The molecule has 1 aliphatic heterocycles. The van der Waals surface area contributed by atoms with Crippen molar-refractivity contribution in [2.24, 2.45) is 11.3 Å². The van der Waals surface area contributed by atoms with Gasteiger partial charge in [-0.15, -0.1) is 12.3 Å². The van der Waals surface area contributed by atoms with Gasteiger partial charge in [-0.3, -0.25) is 0 Å². The molecule has 0 aromatic heterocycles. The van der Waals surface area contributed by atoms with Gasteiger partial charge in [-0.25, -0.2) is 0 Å². The highest BCUT2D eigenvalue weighted by Gasteiger charge is 2.33. The van der Waals surface area contributed by atoms with E-state index in [1.807, 2.05) is 0 Å². The van der Waals surface area contributed by atoms with E-state index in [4.69, 9.17) is 11.2 Å². The van der Waals surface area contributed by atoms with Gasteiger partial charge in [0.1, 0.15) is 0 Å². The fourth-order valence-electron chi connectivity index (χ4n) is 0.770. The Labute approximate surface area is 56.4 Å². The summed E-state index contributed by atoms with van der Waals surface area (Å²) >= 11 is 0. The molecule has 1 fully saturated rings. The first-order valence-corrected chi connectivity index (χ1v) is 3.22. The van der Waals surface area contributed by atoms with Crippen LogP contribution in [0.3, 0.4) is 0 Å². The van der Waals surface area contributed by atoms with Gasteiger partial charge >= 0.3 is 0 Å². The molecular formula is C8H12O. The number of terminal acetylenes is 1.